The smallest absolute Gasteiger partial charge is 0.411 e. The van der Waals surface area contributed by atoms with E-state index in [1.807, 2.05) is 45.0 Å². The normalized spacial score (nSPS) is 19.0. The van der Waals surface area contributed by atoms with E-state index in [2.05, 4.69) is 20.8 Å². The molecule has 0 aromatic heterocycles. The van der Waals surface area contributed by atoms with Crippen LogP contribution in [0, 0.1) is 0 Å². The lowest BCUT2D eigenvalue weighted by Gasteiger charge is -2.40. The molecule has 1 heterocycles. The molecule has 6 heteroatoms. The molecule has 1 unspecified atom stereocenters. The summed E-state index contributed by atoms with van der Waals surface area (Å²) in [5, 5.41) is 0. The van der Waals surface area contributed by atoms with Crippen LogP contribution in [-0.4, -0.2) is 48.6 Å². The molecule has 0 saturated carbocycles. The summed E-state index contributed by atoms with van der Waals surface area (Å²) in [6.45, 7) is 7.07. The topological polar surface area (TPSA) is 49.9 Å². The number of nitrogens with zero attached hydrogens (tertiary/aromatic N) is 2. The molecule has 0 aliphatic carbocycles. The van der Waals surface area contributed by atoms with Crippen LogP contribution in [-0.2, 0) is 9.53 Å². The van der Waals surface area contributed by atoms with Gasteiger partial charge < -0.3 is 14.4 Å². The van der Waals surface area contributed by atoms with Gasteiger partial charge in [-0.1, -0.05) is 15.9 Å². The Kier molecular flexibility index (Phi) is 5.11. The minimum atomic E-state index is -0.562. The molecule has 1 aliphatic rings. The molecule has 1 fully saturated rings. The van der Waals surface area contributed by atoms with Crippen LogP contribution in [0.3, 0.4) is 0 Å². The van der Waals surface area contributed by atoms with Crippen LogP contribution >= 0.6 is 15.9 Å². The molecule has 120 valence electrons. The van der Waals surface area contributed by atoms with E-state index in [1.54, 1.807) is 0 Å². The third-order valence-corrected chi connectivity index (χ3v) is 3.92. The molecule has 1 atom stereocenters. The van der Waals surface area contributed by atoms with E-state index in [0.29, 0.717) is 19.6 Å². The average Bonchev–Trinajstić information content (AvgIpc) is 2.45. The van der Waals surface area contributed by atoms with Crippen LogP contribution in [0.1, 0.15) is 20.8 Å². The maximum absolute atomic E-state index is 12.2. The van der Waals surface area contributed by atoms with Gasteiger partial charge in [-0.25, -0.2) is 4.79 Å². The quantitative estimate of drug-likeness (QED) is 0.752. The molecule has 1 aromatic rings. The number of carbonyl (C=O) groups is 2. The lowest BCUT2D eigenvalue weighted by molar-refractivity contribution is -0.112. The molecule has 5 nitrogen and oxygen atoms in total. The van der Waals surface area contributed by atoms with E-state index < -0.39 is 17.7 Å². The van der Waals surface area contributed by atoms with E-state index in [0.717, 1.165) is 16.4 Å². The summed E-state index contributed by atoms with van der Waals surface area (Å²) in [5.41, 5.74) is 0.478. The first kappa shape index (κ1) is 16.8. The Hall–Kier alpha value is -1.56. The summed E-state index contributed by atoms with van der Waals surface area (Å²) in [6, 6.07) is 7.42. The highest BCUT2D eigenvalue weighted by Gasteiger charge is 2.33. The predicted molar refractivity (Wildman–Crippen MR) is 89.1 cm³/mol. The van der Waals surface area contributed by atoms with Gasteiger partial charge in [-0.15, -0.1) is 0 Å². The molecule has 1 saturated heterocycles. The lowest BCUT2D eigenvalue weighted by atomic mass is 10.1. The Morgan fingerprint density at radius 3 is 2.45 bits per heavy atom. The Morgan fingerprint density at radius 2 is 1.91 bits per heavy atom. The van der Waals surface area contributed by atoms with Crippen molar-refractivity contribution in [2.75, 3.05) is 24.5 Å². The largest absolute Gasteiger partial charge is 0.444 e. The van der Waals surface area contributed by atoms with Gasteiger partial charge in [0, 0.05) is 29.8 Å². The summed E-state index contributed by atoms with van der Waals surface area (Å²) in [6.07, 6.45) is 0.384. The van der Waals surface area contributed by atoms with Crippen molar-refractivity contribution in [3.8, 4) is 0 Å². The van der Waals surface area contributed by atoms with Crippen molar-refractivity contribution in [3.63, 3.8) is 0 Å². The first-order valence-corrected chi connectivity index (χ1v) is 8.05. The van der Waals surface area contributed by atoms with Crippen LogP contribution in [0.2, 0.25) is 0 Å². The summed E-state index contributed by atoms with van der Waals surface area (Å²) in [7, 11) is 0. The van der Waals surface area contributed by atoms with Gasteiger partial charge in [-0.05, 0) is 45.0 Å². The van der Waals surface area contributed by atoms with Crippen LogP contribution in [0.5, 0.6) is 0 Å². The van der Waals surface area contributed by atoms with Crippen molar-refractivity contribution in [3.05, 3.63) is 28.7 Å². The van der Waals surface area contributed by atoms with Crippen molar-refractivity contribution in [2.24, 2.45) is 0 Å². The number of aldehydes is 1. The number of hydrogen-bond acceptors (Lipinski definition) is 4. The molecular formula is C16H21BrN2O3. The van der Waals surface area contributed by atoms with Crippen LogP contribution in [0.15, 0.2) is 28.7 Å². The number of piperazine rings is 1. The van der Waals surface area contributed by atoms with Crippen LogP contribution < -0.4 is 4.90 Å². The maximum Gasteiger partial charge on any atom is 0.411 e. The SMILES string of the molecule is CC(C)(C)OC(=O)N1CCN(c2ccc(Br)cc2)CC1C=O. The van der Waals surface area contributed by atoms with Crippen LogP contribution in [0.25, 0.3) is 0 Å². The molecule has 1 aliphatic heterocycles. The zero-order valence-electron chi connectivity index (χ0n) is 13.1. The van der Waals surface area contributed by atoms with Gasteiger partial charge in [-0.3, -0.25) is 4.90 Å². The zero-order chi connectivity index (χ0) is 16.3. The molecular weight excluding hydrogens is 348 g/mol. The third kappa shape index (κ3) is 4.22. The Morgan fingerprint density at radius 1 is 1.27 bits per heavy atom. The van der Waals surface area contributed by atoms with Gasteiger partial charge in [0.05, 0.1) is 0 Å². The highest BCUT2D eigenvalue weighted by Crippen LogP contribution is 2.22. The van der Waals surface area contributed by atoms with Crippen molar-refractivity contribution in [1.29, 1.82) is 0 Å². The van der Waals surface area contributed by atoms with E-state index >= 15 is 0 Å². The van der Waals surface area contributed by atoms with E-state index in [1.165, 1.54) is 4.90 Å². The van der Waals surface area contributed by atoms with Gasteiger partial charge in [0.25, 0.3) is 0 Å². The first-order valence-electron chi connectivity index (χ1n) is 7.25. The van der Waals surface area contributed by atoms with Crippen LogP contribution in [0.4, 0.5) is 10.5 Å². The predicted octanol–water partition coefficient (Wildman–Crippen LogP) is 3.07. The minimum absolute atomic E-state index is 0.431. The van der Waals surface area contributed by atoms with E-state index in [-0.39, 0.29) is 0 Å². The molecule has 0 bridgehead atoms. The number of benzene rings is 1. The van der Waals surface area contributed by atoms with Gasteiger partial charge in [-0.2, -0.15) is 0 Å². The van der Waals surface area contributed by atoms with Gasteiger partial charge in [0.2, 0.25) is 0 Å². The van der Waals surface area contributed by atoms with Gasteiger partial charge in [0.15, 0.2) is 0 Å². The number of hydrogen-bond donors (Lipinski definition) is 0. The highest BCUT2D eigenvalue weighted by molar-refractivity contribution is 9.10. The average molecular weight is 369 g/mol. The molecule has 0 radical (unpaired) electrons. The van der Waals surface area contributed by atoms with E-state index in [9.17, 15) is 9.59 Å². The second-order valence-electron chi connectivity index (χ2n) is 6.30. The molecule has 0 N–H and O–H groups in total. The molecule has 0 spiro atoms. The fourth-order valence-electron chi connectivity index (χ4n) is 2.36. The number of ether oxygens (including phenoxy) is 1. The Labute approximate surface area is 139 Å². The van der Waals surface area contributed by atoms with Crippen molar-refractivity contribution >= 4 is 34.0 Å². The maximum atomic E-state index is 12.2. The number of anilines is 1. The summed E-state index contributed by atoms with van der Waals surface area (Å²) in [5.74, 6) is 0. The second-order valence-corrected chi connectivity index (χ2v) is 7.22. The highest BCUT2D eigenvalue weighted by atomic mass is 79.9. The first-order chi connectivity index (χ1) is 10.3. The Balaban J connectivity index is 2.06. The fraction of sp³-hybridized carbons (Fsp3) is 0.500. The minimum Gasteiger partial charge on any atom is -0.444 e. The van der Waals surface area contributed by atoms with Crippen molar-refractivity contribution in [2.45, 2.75) is 32.4 Å². The molecule has 1 aromatic carbocycles. The lowest BCUT2D eigenvalue weighted by Crippen LogP contribution is -2.56. The second kappa shape index (κ2) is 6.69. The number of carbonyl (C=O) groups excluding carboxylic acids is 2. The third-order valence-electron chi connectivity index (χ3n) is 3.40. The Bertz CT molecular complexity index is 539. The summed E-state index contributed by atoms with van der Waals surface area (Å²) >= 11 is 3.41. The van der Waals surface area contributed by atoms with Crippen molar-refractivity contribution in [1.82, 2.24) is 4.90 Å². The fourth-order valence-corrected chi connectivity index (χ4v) is 2.62. The van der Waals surface area contributed by atoms with Gasteiger partial charge >= 0.3 is 6.09 Å². The summed E-state index contributed by atoms with van der Waals surface area (Å²) in [4.78, 5) is 27.2. The standard InChI is InChI=1S/C16H21BrN2O3/c1-16(2,3)22-15(21)19-9-8-18(10-14(19)11-20)13-6-4-12(17)5-7-13/h4-7,11,14H,8-10H2,1-3H3. The number of amides is 1. The monoisotopic (exact) mass is 368 g/mol. The zero-order valence-corrected chi connectivity index (χ0v) is 14.7. The van der Waals surface area contributed by atoms with E-state index in [4.69, 9.17) is 4.74 Å². The summed E-state index contributed by atoms with van der Waals surface area (Å²) < 4.78 is 6.38. The number of rotatable bonds is 2. The number of halogens is 1. The molecule has 22 heavy (non-hydrogen) atoms. The van der Waals surface area contributed by atoms with Crippen molar-refractivity contribution < 1.29 is 14.3 Å². The van der Waals surface area contributed by atoms with Gasteiger partial charge in [0.1, 0.15) is 17.9 Å². The molecule has 2 rings (SSSR count). The molecule has 1 amide bonds.